The second-order valence-corrected chi connectivity index (χ2v) is 9.08. The van der Waals surface area contributed by atoms with Gasteiger partial charge in [0, 0.05) is 17.2 Å². The number of hydrogen-bond acceptors (Lipinski definition) is 7. The molecule has 0 radical (unpaired) electrons. The third kappa shape index (κ3) is 2.50. The molecule has 2 amide bonds. The van der Waals surface area contributed by atoms with Crippen LogP contribution in [-0.4, -0.2) is 35.8 Å². The fraction of sp³-hybridized carbons (Fsp3) is 0.185. The lowest BCUT2D eigenvalue weighted by Gasteiger charge is -2.27. The molecule has 8 nitrogen and oxygen atoms in total. The van der Waals surface area contributed by atoms with Crippen molar-refractivity contribution in [1.82, 2.24) is 0 Å². The van der Waals surface area contributed by atoms with Crippen molar-refractivity contribution in [3.63, 3.8) is 0 Å². The molecule has 0 saturated carbocycles. The van der Waals surface area contributed by atoms with E-state index in [1.807, 2.05) is 0 Å². The summed E-state index contributed by atoms with van der Waals surface area (Å²) in [6, 6.07) is 16.1. The largest absolute Gasteiger partial charge is 0.454 e. The van der Waals surface area contributed by atoms with Crippen molar-refractivity contribution >= 4 is 29.1 Å². The molecule has 0 unspecified atom stereocenters. The molecule has 3 aliphatic heterocycles. The highest BCUT2D eigenvalue weighted by Gasteiger charge is 2.74. The highest BCUT2D eigenvalue weighted by atomic mass is 19.1. The quantitative estimate of drug-likeness (QED) is 0.406. The van der Waals surface area contributed by atoms with E-state index in [2.05, 4.69) is 0 Å². The van der Waals surface area contributed by atoms with Gasteiger partial charge in [0.05, 0.1) is 23.6 Å². The molecule has 2 saturated heterocycles. The van der Waals surface area contributed by atoms with Crippen molar-refractivity contribution in [2.45, 2.75) is 11.7 Å². The van der Waals surface area contributed by atoms with Gasteiger partial charge in [-0.15, -0.1) is 0 Å². The van der Waals surface area contributed by atoms with Gasteiger partial charge >= 0.3 is 0 Å². The first-order valence-corrected chi connectivity index (χ1v) is 11.3. The number of hydrogen-bond donors (Lipinski definition) is 0. The van der Waals surface area contributed by atoms with Gasteiger partial charge < -0.3 is 14.2 Å². The number of anilines is 1. The lowest BCUT2D eigenvalue weighted by Crippen LogP contribution is -2.51. The van der Waals surface area contributed by atoms with Gasteiger partial charge in [-0.25, -0.2) is 9.29 Å². The Morgan fingerprint density at radius 2 is 1.47 bits per heavy atom. The lowest BCUT2D eigenvalue weighted by molar-refractivity contribution is -0.127. The van der Waals surface area contributed by atoms with Crippen molar-refractivity contribution < 1.29 is 37.8 Å². The van der Waals surface area contributed by atoms with Crippen molar-refractivity contribution in [1.29, 1.82) is 0 Å². The van der Waals surface area contributed by atoms with E-state index < -0.39 is 52.7 Å². The number of imide groups is 1. The summed E-state index contributed by atoms with van der Waals surface area (Å²) in [4.78, 5) is 56.2. The van der Waals surface area contributed by atoms with Crippen LogP contribution in [0.2, 0.25) is 0 Å². The smallest absolute Gasteiger partial charge is 0.241 e. The maximum absolute atomic E-state index is 13.9. The lowest BCUT2D eigenvalue weighted by atomic mass is 9.77. The van der Waals surface area contributed by atoms with Crippen molar-refractivity contribution in [3.8, 4) is 11.5 Å². The summed E-state index contributed by atoms with van der Waals surface area (Å²) in [5.74, 6) is -4.87. The SMILES string of the molecule is O=C1[C@H]2[C@H](c3ccc(F)cc3)OC3(C(=O)c4ccccc4C3=O)[C@H]2C(=O)N1c1ccc2c(c1)OCO2. The van der Waals surface area contributed by atoms with Crippen LogP contribution in [-0.2, 0) is 14.3 Å². The minimum absolute atomic E-state index is 0.0107. The molecule has 3 atom stereocenters. The maximum atomic E-state index is 13.9. The fourth-order valence-electron chi connectivity index (χ4n) is 5.75. The Morgan fingerprint density at radius 3 is 2.17 bits per heavy atom. The molecule has 178 valence electrons. The number of benzene rings is 3. The van der Waals surface area contributed by atoms with Gasteiger partial charge in [-0.05, 0) is 29.8 Å². The molecule has 3 aromatic rings. The summed E-state index contributed by atoms with van der Waals surface area (Å²) in [5, 5.41) is 0. The van der Waals surface area contributed by atoms with Crippen LogP contribution in [0.5, 0.6) is 11.5 Å². The summed E-state index contributed by atoms with van der Waals surface area (Å²) >= 11 is 0. The van der Waals surface area contributed by atoms with Crippen molar-refractivity contribution in [2.24, 2.45) is 11.8 Å². The molecule has 3 heterocycles. The number of rotatable bonds is 2. The van der Waals surface area contributed by atoms with E-state index in [4.69, 9.17) is 14.2 Å². The minimum Gasteiger partial charge on any atom is -0.454 e. The summed E-state index contributed by atoms with van der Waals surface area (Å²) < 4.78 is 30.6. The Morgan fingerprint density at radius 1 is 0.806 bits per heavy atom. The molecule has 0 bridgehead atoms. The number of carbonyl (C=O) groups is 4. The van der Waals surface area contributed by atoms with Crippen LogP contribution in [0, 0.1) is 17.7 Å². The first-order valence-electron chi connectivity index (χ1n) is 11.3. The van der Waals surface area contributed by atoms with E-state index in [1.54, 1.807) is 18.2 Å². The molecule has 1 spiro atoms. The second kappa shape index (κ2) is 7.08. The summed E-state index contributed by atoms with van der Waals surface area (Å²) in [6.07, 6.45) is -1.12. The standard InChI is InChI=1S/C27H16FNO7/c28-14-7-5-13(6-8-14)22-20-21(27(36-22)23(30)16-3-1-2-4-17(16)24(27)31)26(33)29(25(20)32)15-9-10-18-19(11-15)35-12-34-18/h1-11,20-22H,12H2/t20-,21-,22+/m1/s1. The summed E-state index contributed by atoms with van der Waals surface area (Å²) in [7, 11) is 0. The Hall–Kier alpha value is -4.37. The molecule has 0 aromatic heterocycles. The van der Waals surface area contributed by atoms with Crippen LogP contribution in [0.15, 0.2) is 66.7 Å². The first-order chi connectivity index (χ1) is 17.4. The molecule has 1 aliphatic carbocycles. The van der Waals surface area contributed by atoms with Gasteiger partial charge in [0.15, 0.2) is 11.5 Å². The van der Waals surface area contributed by atoms with Gasteiger partial charge in [-0.3, -0.25) is 19.2 Å². The molecular weight excluding hydrogens is 469 g/mol. The molecular formula is C27H16FNO7. The van der Waals surface area contributed by atoms with Gasteiger partial charge in [-0.1, -0.05) is 36.4 Å². The maximum Gasteiger partial charge on any atom is 0.241 e. The number of fused-ring (bicyclic) bond motifs is 4. The zero-order chi connectivity index (χ0) is 24.8. The number of ketones is 2. The third-order valence-corrected chi connectivity index (χ3v) is 7.33. The van der Waals surface area contributed by atoms with Crippen LogP contribution in [0.25, 0.3) is 0 Å². The second-order valence-electron chi connectivity index (χ2n) is 9.08. The van der Waals surface area contributed by atoms with Crippen molar-refractivity contribution in [2.75, 3.05) is 11.7 Å². The van der Waals surface area contributed by atoms with Crippen LogP contribution in [0.1, 0.15) is 32.4 Å². The Labute approximate surface area is 203 Å². The van der Waals surface area contributed by atoms with Gasteiger partial charge in [0.25, 0.3) is 0 Å². The van der Waals surface area contributed by atoms with Gasteiger partial charge in [0.1, 0.15) is 5.82 Å². The highest BCUT2D eigenvalue weighted by molar-refractivity contribution is 6.37. The average Bonchev–Trinajstić information content (AvgIpc) is 3.61. The predicted octanol–water partition coefficient (Wildman–Crippen LogP) is 3.25. The zero-order valence-electron chi connectivity index (χ0n) is 18.5. The average molecular weight is 485 g/mol. The Kier molecular flexibility index (Phi) is 4.12. The summed E-state index contributed by atoms with van der Waals surface area (Å²) in [6.45, 7) is 0.0107. The van der Waals surface area contributed by atoms with Crippen LogP contribution < -0.4 is 14.4 Å². The van der Waals surface area contributed by atoms with Gasteiger partial charge in [0.2, 0.25) is 35.8 Å². The minimum atomic E-state index is -2.19. The van der Waals surface area contributed by atoms with E-state index in [-0.39, 0.29) is 23.6 Å². The number of halogens is 1. The molecule has 36 heavy (non-hydrogen) atoms. The van der Waals surface area contributed by atoms with Crippen LogP contribution in [0.3, 0.4) is 0 Å². The van der Waals surface area contributed by atoms with E-state index in [0.717, 1.165) is 4.90 Å². The number of carbonyl (C=O) groups excluding carboxylic acids is 4. The first kappa shape index (κ1) is 21.0. The molecule has 4 aliphatic rings. The van der Waals surface area contributed by atoms with Crippen molar-refractivity contribution in [3.05, 3.63) is 89.2 Å². The number of ether oxygens (including phenoxy) is 3. The molecule has 0 N–H and O–H groups in total. The van der Waals surface area contributed by atoms with Crippen LogP contribution >= 0.6 is 0 Å². The van der Waals surface area contributed by atoms with E-state index >= 15 is 0 Å². The predicted molar refractivity (Wildman–Crippen MR) is 120 cm³/mol. The number of nitrogens with zero attached hydrogens (tertiary/aromatic N) is 1. The van der Waals surface area contributed by atoms with E-state index in [1.165, 1.54) is 48.5 Å². The van der Waals surface area contributed by atoms with Gasteiger partial charge in [-0.2, -0.15) is 0 Å². The zero-order valence-corrected chi connectivity index (χ0v) is 18.5. The monoisotopic (exact) mass is 485 g/mol. The molecule has 7 rings (SSSR count). The normalized spacial score (nSPS) is 25.1. The highest BCUT2D eigenvalue weighted by Crippen LogP contribution is 2.58. The Balaban J connectivity index is 1.40. The molecule has 3 aromatic carbocycles. The topological polar surface area (TPSA) is 99.2 Å². The van der Waals surface area contributed by atoms with E-state index in [0.29, 0.717) is 17.1 Å². The van der Waals surface area contributed by atoms with E-state index in [9.17, 15) is 23.6 Å². The summed E-state index contributed by atoms with van der Waals surface area (Å²) in [5.41, 5.74) is -1.29. The molecule has 2 fully saturated rings. The number of amides is 2. The number of Topliss-reactive ketones (excluding diaryl/α,β-unsaturated/α-hetero) is 2. The third-order valence-electron chi connectivity index (χ3n) is 7.33. The Bertz CT molecular complexity index is 1480. The van der Waals surface area contributed by atoms with Crippen LogP contribution in [0.4, 0.5) is 10.1 Å². The fourth-order valence-corrected chi connectivity index (χ4v) is 5.75. The molecule has 9 heteroatoms.